The summed E-state index contributed by atoms with van der Waals surface area (Å²) in [7, 11) is 0. The first kappa shape index (κ1) is 12.7. The fourth-order valence-electron chi connectivity index (χ4n) is 2.11. The molecule has 0 aliphatic heterocycles. The van der Waals surface area contributed by atoms with Crippen molar-refractivity contribution in [2.45, 2.75) is 19.5 Å². The molecule has 0 unspecified atom stereocenters. The number of alkyl halides is 3. The Labute approximate surface area is 101 Å². The highest BCUT2D eigenvalue weighted by Crippen LogP contribution is 2.39. The molecule has 2 aromatic carbocycles. The van der Waals surface area contributed by atoms with Crippen molar-refractivity contribution in [1.29, 1.82) is 0 Å². The SMILES string of the molecule is CCc1cc(N)cc2ccc(F)c(C(F)(F)F)c12. The van der Waals surface area contributed by atoms with Gasteiger partial charge in [0.2, 0.25) is 0 Å². The zero-order valence-corrected chi connectivity index (χ0v) is 9.61. The number of nitrogens with two attached hydrogens (primary N) is 1. The molecular weight excluding hydrogens is 246 g/mol. The molecule has 0 radical (unpaired) electrons. The van der Waals surface area contributed by atoms with Crippen LogP contribution in [-0.2, 0) is 12.6 Å². The smallest absolute Gasteiger partial charge is 0.399 e. The first-order chi connectivity index (χ1) is 8.34. The second-order valence-corrected chi connectivity index (χ2v) is 4.05. The molecular formula is C13H11F4N. The minimum Gasteiger partial charge on any atom is -0.399 e. The topological polar surface area (TPSA) is 26.0 Å². The summed E-state index contributed by atoms with van der Waals surface area (Å²) in [4.78, 5) is 0. The molecule has 0 atom stereocenters. The minimum absolute atomic E-state index is 0.0980. The molecule has 0 spiro atoms. The van der Waals surface area contributed by atoms with E-state index < -0.39 is 17.6 Å². The lowest BCUT2D eigenvalue weighted by Gasteiger charge is -2.15. The van der Waals surface area contributed by atoms with Crippen LogP contribution in [0.25, 0.3) is 10.8 Å². The van der Waals surface area contributed by atoms with E-state index >= 15 is 0 Å². The summed E-state index contributed by atoms with van der Waals surface area (Å²) >= 11 is 0. The predicted molar refractivity (Wildman–Crippen MR) is 62.7 cm³/mol. The number of aryl methyl sites for hydroxylation is 1. The van der Waals surface area contributed by atoms with Gasteiger partial charge in [-0.1, -0.05) is 13.0 Å². The van der Waals surface area contributed by atoms with Gasteiger partial charge in [-0.2, -0.15) is 13.2 Å². The Hall–Kier alpha value is -1.78. The zero-order valence-electron chi connectivity index (χ0n) is 9.61. The second kappa shape index (κ2) is 4.15. The number of anilines is 1. The van der Waals surface area contributed by atoms with Gasteiger partial charge < -0.3 is 5.73 Å². The normalized spacial score (nSPS) is 12.1. The largest absolute Gasteiger partial charge is 0.419 e. The minimum atomic E-state index is -4.72. The fraction of sp³-hybridized carbons (Fsp3) is 0.231. The van der Waals surface area contributed by atoms with Crippen molar-refractivity contribution in [3.8, 4) is 0 Å². The van der Waals surface area contributed by atoms with Crippen LogP contribution in [0.4, 0.5) is 23.2 Å². The van der Waals surface area contributed by atoms with Crippen molar-refractivity contribution >= 4 is 16.5 Å². The summed E-state index contributed by atoms with van der Waals surface area (Å²) < 4.78 is 52.3. The molecule has 0 saturated heterocycles. The number of hydrogen-bond acceptors (Lipinski definition) is 1. The maximum absolute atomic E-state index is 13.5. The standard InChI is InChI=1S/C13H11F4N/c1-2-7-5-9(18)6-8-3-4-10(14)12(11(7)8)13(15,16)17/h3-6H,2,18H2,1H3. The maximum Gasteiger partial charge on any atom is 0.419 e. The van der Waals surface area contributed by atoms with Gasteiger partial charge in [0.15, 0.2) is 0 Å². The summed E-state index contributed by atoms with van der Waals surface area (Å²) in [6.07, 6.45) is -4.36. The Balaban J connectivity index is 2.95. The van der Waals surface area contributed by atoms with E-state index in [1.54, 1.807) is 6.92 Å². The van der Waals surface area contributed by atoms with Gasteiger partial charge in [-0.15, -0.1) is 0 Å². The van der Waals surface area contributed by atoms with Crippen LogP contribution in [0.3, 0.4) is 0 Å². The van der Waals surface area contributed by atoms with E-state index in [4.69, 9.17) is 5.73 Å². The molecule has 2 aromatic rings. The van der Waals surface area contributed by atoms with E-state index in [0.29, 0.717) is 23.1 Å². The third kappa shape index (κ3) is 2.00. The molecule has 0 aliphatic carbocycles. The molecule has 0 saturated carbocycles. The fourth-order valence-corrected chi connectivity index (χ4v) is 2.11. The van der Waals surface area contributed by atoms with Crippen LogP contribution in [0.5, 0.6) is 0 Å². The van der Waals surface area contributed by atoms with E-state index in [1.165, 1.54) is 18.2 Å². The number of halogens is 4. The molecule has 18 heavy (non-hydrogen) atoms. The van der Waals surface area contributed by atoms with Crippen LogP contribution in [0.1, 0.15) is 18.1 Å². The van der Waals surface area contributed by atoms with Gasteiger partial charge in [0, 0.05) is 11.1 Å². The highest BCUT2D eigenvalue weighted by atomic mass is 19.4. The summed E-state index contributed by atoms with van der Waals surface area (Å²) in [6.45, 7) is 1.71. The second-order valence-electron chi connectivity index (χ2n) is 4.05. The summed E-state index contributed by atoms with van der Waals surface area (Å²) in [6, 6.07) is 5.01. The third-order valence-corrected chi connectivity index (χ3v) is 2.84. The average molecular weight is 257 g/mol. The molecule has 5 heteroatoms. The van der Waals surface area contributed by atoms with Gasteiger partial charge >= 0.3 is 6.18 Å². The van der Waals surface area contributed by atoms with Crippen LogP contribution < -0.4 is 5.73 Å². The Kier molecular flexibility index (Phi) is 2.92. The van der Waals surface area contributed by atoms with Gasteiger partial charge in [0.1, 0.15) is 5.82 Å². The number of hydrogen-bond donors (Lipinski definition) is 1. The molecule has 96 valence electrons. The third-order valence-electron chi connectivity index (χ3n) is 2.84. The number of fused-ring (bicyclic) bond motifs is 1. The Bertz CT molecular complexity index is 602. The lowest BCUT2D eigenvalue weighted by Crippen LogP contribution is -2.10. The van der Waals surface area contributed by atoms with Gasteiger partial charge in [-0.25, -0.2) is 4.39 Å². The highest BCUT2D eigenvalue weighted by molar-refractivity contribution is 5.92. The van der Waals surface area contributed by atoms with Gasteiger partial charge in [0.25, 0.3) is 0 Å². The Morgan fingerprint density at radius 3 is 2.39 bits per heavy atom. The van der Waals surface area contributed by atoms with Crippen LogP contribution in [0, 0.1) is 5.82 Å². The number of rotatable bonds is 1. The van der Waals surface area contributed by atoms with E-state index in [0.717, 1.165) is 6.07 Å². The van der Waals surface area contributed by atoms with Gasteiger partial charge in [-0.05, 0) is 35.6 Å². The van der Waals surface area contributed by atoms with E-state index in [2.05, 4.69) is 0 Å². The summed E-state index contributed by atoms with van der Waals surface area (Å²) in [5.41, 5.74) is 5.19. The van der Waals surface area contributed by atoms with Gasteiger partial charge in [-0.3, -0.25) is 0 Å². The molecule has 0 fully saturated rings. The van der Waals surface area contributed by atoms with Crippen LogP contribution >= 0.6 is 0 Å². The van der Waals surface area contributed by atoms with Crippen molar-refractivity contribution in [1.82, 2.24) is 0 Å². The van der Waals surface area contributed by atoms with Crippen LogP contribution in [-0.4, -0.2) is 0 Å². The van der Waals surface area contributed by atoms with E-state index in [1.807, 2.05) is 0 Å². The van der Waals surface area contributed by atoms with Crippen molar-refractivity contribution in [2.75, 3.05) is 5.73 Å². The first-order valence-electron chi connectivity index (χ1n) is 5.42. The van der Waals surface area contributed by atoms with Crippen molar-refractivity contribution in [2.24, 2.45) is 0 Å². The first-order valence-corrected chi connectivity index (χ1v) is 5.42. The Morgan fingerprint density at radius 1 is 1.17 bits per heavy atom. The van der Waals surface area contributed by atoms with Crippen molar-refractivity contribution < 1.29 is 17.6 Å². The van der Waals surface area contributed by atoms with Crippen molar-refractivity contribution in [3.63, 3.8) is 0 Å². The molecule has 1 nitrogen and oxygen atoms in total. The number of benzene rings is 2. The lowest BCUT2D eigenvalue weighted by atomic mass is 9.96. The molecule has 0 amide bonds. The van der Waals surface area contributed by atoms with E-state index in [-0.39, 0.29) is 5.39 Å². The predicted octanol–water partition coefficient (Wildman–Crippen LogP) is 4.14. The average Bonchev–Trinajstić information content (AvgIpc) is 2.26. The molecule has 0 bridgehead atoms. The molecule has 2 N–H and O–H groups in total. The molecule has 0 heterocycles. The van der Waals surface area contributed by atoms with Crippen LogP contribution in [0.2, 0.25) is 0 Å². The summed E-state index contributed by atoms with van der Waals surface area (Å²) in [5.74, 6) is -1.26. The van der Waals surface area contributed by atoms with Crippen LogP contribution in [0.15, 0.2) is 24.3 Å². The molecule has 0 aliphatic rings. The number of nitrogen functional groups attached to an aromatic ring is 1. The van der Waals surface area contributed by atoms with Crippen molar-refractivity contribution in [3.05, 3.63) is 41.2 Å². The quantitative estimate of drug-likeness (QED) is 0.603. The zero-order chi connectivity index (χ0) is 13.5. The summed E-state index contributed by atoms with van der Waals surface area (Å²) in [5, 5.41) is 0.208. The molecule has 2 rings (SSSR count). The lowest BCUT2D eigenvalue weighted by molar-refractivity contribution is -0.138. The monoisotopic (exact) mass is 257 g/mol. The van der Waals surface area contributed by atoms with Gasteiger partial charge in [0.05, 0.1) is 5.56 Å². The van der Waals surface area contributed by atoms with E-state index in [9.17, 15) is 17.6 Å². The highest BCUT2D eigenvalue weighted by Gasteiger charge is 2.36. The molecule has 0 aromatic heterocycles. The maximum atomic E-state index is 13.5. The Morgan fingerprint density at radius 2 is 1.83 bits per heavy atom.